The van der Waals surface area contributed by atoms with E-state index in [1.54, 1.807) is 13.0 Å². The fourth-order valence-corrected chi connectivity index (χ4v) is 3.67. The lowest BCUT2D eigenvalue weighted by Crippen LogP contribution is -2.39. The highest BCUT2D eigenvalue weighted by molar-refractivity contribution is 14.1. The van der Waals surface area contributed by atoms with E-state index in [1.165, 1.54) is 49.0 Å². The number of ketones is 1. The first-order valence-electron chi connectivity index (χ1n) is 8.58. The number of H-pyrrole nitrogens is 1. The van der Waals surface area contributed by atoms with Gasteiger partial charge in [-0.1, -0.05) is 42.2 Å². The average Bonchev–Trinajstić information content (AvgIpc) is 3.00. The smallest absolute Gasteiger partial charge is 0.339 e. The molecule has 0 spiro atoms. The first-order valence-corrected chi connectivity index (χ1v) is 9.66. The number of nitrogens with one attached hydrogen (secondary N) is 1. The third-order valence-corrected chi connectivity index (χ3v) is 5.43. The zero-order valence-corrected chi connectivity index (χ0v) is 18.0. The fraction of sp³-hybridized carbons (Fsp3) is 0.238. The maximum absolute atomic E-state index is 14.3. The van der Waals surface area contributed by atoms with Crippen molar-refractivity contribution >= 4 is 39.3 Å². The number of alkyl halides is 3. The summed E-state index contributed by atoms with van der Waals surface area (Å²) in [5.74, 6) is 4.59. The van der Waals surface area contributed by atoms with Crippen LogP contribution in [0.25, 0.3) is 10.9 Å². The molecule has 3 aromatic rings. The van der Waals surface area contributed by atoms with Crippen LogP contribution in [0.3, 0.4) is 0 Å². The van der Waals surface area contributed by atoms with Crippen LogP contribution in [0, 0.1) is 18.8 Å². The number of aryl methyl sites for hydroxylation is 2. The molecule has 1 atom stereocenters. The van der Waals surface area contributed by atoms with Gasteiger partial charge in [-0.15, -0.1) is 0 Å². The molecule has 1 aromatic carbocycles. The van der Waals surface area contributed by atoms with E-state index in [1.807, 2.05) is 0 Å². The van der Waals surface area contributed by atoms with Crippen molar-refractivity contribution in [3.63, 3.8) is 0 Å². The molecule has 0 aliphatic carbocycles. The molecule has 29 heavy (non-hydrogen) atoms. The maximum Gasteiger partial charge on any atom is 0.339 e. The number of hydrogen-bond acceptors (Lipinski definition) is 3. The van der Waals surface area contributed by atoms with Crippen molar-refractivity contribution in [2.75, 3.05) is 0 Å². The molecule has 0 saturated carbocycles. The topological polar surface area (TPSA) is 75.1 Å². The van der Waals surface area contributed by atoms with Crippen LogP contribution in [0.4, 0.5) is 8.78 Å². The van der Waals surface area contributed by atoms with Gasteiger partial charge in [-0.2, -0.15) is 8.78 Å². The zero-order chi connectivity index (χ0) is 21.6. The molecule has 2 N–H and O–H groups in total. The normalized spacial score (nSPS) is 13.6. The molecule has 5 nitrogen and oxygen atoms in total. The largest absolute Gasteiger partial charge is 0.368 e. The second-order valence-corrected chi connectivity index (χ2v) is 8.07. The predicted octanol–water partition coefficient (Wildman–Crippen LogP) is 3.64. The minimum absolute atomic E-state index is 0.0648. The Hall–Kier alpha value is -2.51. The number of Topliss-reactive ketones (excluding diaryl/α,β-unsaturated/α-hetero) is 1. The monoisotopic (exact) mass is 510 g/mol. The van der Waals surface area contributed by atoms with E-state index in [0.29, 0.717) is 5.69 Å². The van der Waals surface area contributed by atoms with Gasteiger partial charge >= 0.3 is 3.93 Å². The number of nitrogens with zero attached hydrogens (tertiary/aromatic N) is 1. The summed E-state index contributed by atoms with van der Waals surface area (Å²) in [6, 6.07) is 7.41. The summed E-state index contributed by atoms with van der Waals surface area (Å²) in [5, 5.41) is 11.0. The SMILES string of the molecule is CC(=O)c1c(C)[nH]c2c(=O)n(C)cc(C#CC(O)(c3ccccc3)C(F)(F)I)c12. The van der Waals surface area contributed by atoms with Crippen molar-refractivity contribution in [1.82, 2.24) is 9.55 Å². The quantitative estimate of drug-likeness (QED) is 0.245. The van der Waals surface area contributed by atoms with Crippen LogP contribution in [0.2, 0.25) is 0 Å². The van der Waals surface area contributed by atoms with E-state index in [9.17, 15) is 23.5 Å². The first-order chi connectivity index (χ1) is 13.5. The van der Waals surface area contributed by atoms with E-state index in [2.05, 4.69) is 16.8 Å². The van der Waals surface area contributed by atoms with Crippen molar-refractivity contribution < 1.29 is 18.7 Å². The van der Waals surface area contributed by atoms with E-state index in [4.69, 9.17) is 0 Å². The first kappa shape index (κ1) is 21.2. The zero-order valence-electron chi connectivity index (χ0n) is 15.8. The number of hydrogen-bond donors (Lipinski definition) is 2. The number of aromatic nitrogens is 2. The summed E-state index contributed by atoms with van der Waals surface area (Å²) in [6.45, 7) is 3.00. The molecule has 3 rings (SSSR count). The van der Waals surface area contributed by atoms with Gasteiger partial charge in [-0.3, -0.25) is 9.59 Å². The van der Waals surface area contributed by atoms with Gasteiger partial charge in [0.25, 0.3) is 5.56 Å². The second kappa shape index (κ2) is 7.39. The van der Waals surface area contributed by atoms with E-state index < -0.39 is 9.53 Å². The highest BCUT2D eigenvalue weighted by Crippen LogP contribution is 2.42. The fourth-order valence-electron chi connectivity index (χ4n) is 3.23. The highest BCUT2D eigenvalue weighted by Gasteiger charge is 2.51. The number of carbonyl (C=O) groups is 1. The molecule has 150 valence electrons. The molecule has 0 amide bonds. The van der Waals surface area contributed by atoms with Crippen LogP contribution in [-0.2, 0) is 12.6 Å². The Morgan fingerprint density at radius 3 is 2.45 bits per heavy atom. The summed E-state index contributed by atoms with van der Waals surface area (Å²) in [7, 11) is 1.49. The van der Waals surface area contributed by atoms with Gasteiger partial charge in [-0.25, -0.2) is 0 Å². The Kier molecular flexibility index (Phi) is 5.40. The molecular formula is C21H17F2IN2O3. The molecule has 0 aliphatic rings. The van der Waals surface area contributed by atoms with Crippen molar-refractivity contribution in [1.29, 1.82) is 0 Å². The number of pyridine rings is 1. The van der Waals surface area contributed by atoms with E-state index in [-0.39, 0.29) is 38.9 Å². The summed E-state index contributed by atoms with van der Waals surface area (Å²) in [5.41, 5.74) is -2.11. The van der Waals surface area contributed by atoms with Gasteiger partial charge in [0.15, 0.2) is 5.78 Å². The van der Waals surface area contributed by atoms with Crippen LogP contribution in [0.1, 0.15) is 34.1 Å². The molecule has 8 heteroatoms. The summed E-state index contributed by atoms with van der Waals surface area (Å²) in [4.78, 5) is 27.5. The predicted molar refractivity (Wildman–Crippen MR) is 114 cm³/mol. The van der Waals surface area contributed by atoms with Crippen LogP contribution < -0.4 is 5.56 Å². The number of halogens is 3. The van der Waals surface area contributed by atoms with Crippen LogP contribution in [0.5, 0.6) is 0 Å². The number of aliphatic hydroxyl groups is 1. The Balaban J connectivity index is 2.34. The van der Waals surface area contributed by atoms with Gasteiger partial charge in [0.05, 0.1) is 5.56 Å². The van der Waals surface area contributed by atoms with Crippen molar-refractivity contribution in [2.24, 2.45) is 7.05 Å². The lowest BCUT2D eigenvalue weighted by atomic mass is 9.94. The summed E-state index contributed by atoms with van der Waals surface area (Å²) in [6.07, 6.45) is 1.37. The van der Waals surface area contributed by atoms with Gasteiger partial charge in [0.2, 0.25) is 5.60 Å². The van der Waals surface area contributed by atoms with E-state index in [0.717, 1.165) is 22.6 Å². The van der Waals surface area contributed by atoms with Crippen molar-refractivity contribution in [2.45, 2.75) is 23.4 Å². The number of fused-ring (bicyclic) bond motifs is 1. The third kappa shape index (κ3) is 3.60. The van der Waals surface area contributed by atoms with Crippen molar-refractivity contribution in [3.05, 3.63) is 69.3 Å². The molecule has 2 aromatic heterocycles. The van der Waals surface area contributed by atoms with Crippen LogP contribution in [-0.4, -0.2) is 24.4 Å². The van der Waals surface area contributed by atoms with Gasteiger partial charge in [0.1, 0.15) is 5.52 Å². The Bertz CT molecular complexity index is 1230. The lowest BCUT2D eigenvalue weighted by molar-refractivity contribution is -0.0726. The minimum atomic E-state index is -3.60. The van der Waals surface area contributed by atoms with Crippen LogP contribution in [0.15, 0.2) is 41.3 Å². The third-order valence-electron chi connectivity index (χ3n) is 4.65. The molecule has 0 bridgehead atoms. The highest BCUT2D eigenvalue weighted by atomic mass is 127. The number of benzene rings is 1. The number of aromatic amines is 1. The molecule has 0 fully saturated rings. The second-order valence-electron chi connectivity index (χ2n) is 6.71. The van der Waals surface area contributed by atoms with Gasteiger partial charge in [-0.05, 0) is 13.8 Å². The molecule has 0 aliphatic heterocycles. The molecule has 0 radical (unpaired) electrons. The summed E-state index contributed by atoms with van der Waals surface area (Å²) >= 11 is 0.852. The number of carbonyl (C=O) groups excluding carboxylic acids is 1. The number of rotatable bonds is 3. The van der Waals surface area contributed by atoms with Crippen LogP contribution >= 0.6 is 22.6 Å². The Morgan fingerprint density at radius 1 is 1.28 bits per heavy atom. The summed E-state index contributed by atoms with van der Waals surface area (Å²) < 4.78 is 26.3. The van der Waals surface area contributed by atoms with Gasteiger partial charge in [0, 0.05) is 58.0 Å². The molecule has 2 heterocycles. The standard InChI is InChI=1S/C21H17F2IN2O3/c1-12-16(13(2)27)17-14(11-26(3)19(28)18(17)25-12)9-10-20(29,21(22,23)24)15-7-5-4-6-8-15/h4-8,11,25,29H,1-3H3. The maximum atomic E-state index is 14.3. The molecule has 1 unspecified atom stereocenters. The van der Waals surface area contributed by atoms with E-state index >= 15 is 0 Å². The van der Waals surface area contributed by atoms with Gasteiger partial charge < -0.3 is 14.7 Å². The molecule has 0 saturated heterocycles. The Morgan fingerprint density at radius 2 is 1.90 bits per heavy atom. The average molecular weight is 510 g/mol. The van der Waals surface area contributed by atoms with Crippen molar-refractivity contribution in [3.8, 4) is 11.8 Å². The lowest BCUT2D eigenvalue weighted by Gasteiger charge is -2.27. The molecular weight excluding hydrogens is 493 g/mol. The minimum Gasteiger partial charge on any atom is -0.368 e. The Labute approximate surface area is 178 Å².